The molecule has 0 saturated heterocycles. The van der Waals surface area contributed by atoms with Gasteiger partial charge in [-0.15, -0.1) is 0 Å². The van der Waals surface area contributed by atoms with Crippen LogP contribution in [0.2, 0.25) is 52.4 Å². The molecule has 126 valence electrons. The number of hydrogen-bond donors (Lipinski definition) is 0. The summed E-state index contributed by atoms with van der Waals surface area (Å²) < 4.78 is 20.0. The van der Waals surface area contributed by atoms with Crippen molar-refractivity contribution in [3.63, 3.8) is 0 Å². The second kappa shape index (κ2) is 7.29. The Hall–Kier alpha value is 0.698. The lowest BCUT2D eigenvalue weighted by molar-refractivity contribution is 0.278. The van der Waals surface area contributed by atoms with Crippen LogP contribution in [-0.4, -0.2) is 31.3 Å². The smallest absolute Gasteiger partial charge is 0.414 e. The largest absolute Gasteiger partial charge is 0.506 e. The van der Waals surface area contributed by atoms with Crippen molar-refractivity contribution < 1.29 is 12.3 Å². The zero-order valence-corrected chi connectivity index (χ0v) is 21.1. The number of benzene rings is 1. The fourth-order valence-corrected chi connectivity index (χ4v) is 17.3. The molecule has 0 aliphatic rings. The van der Waals surface area contributed by atoms with Crippen LogP contribution in [0.4, 0.5) is 0 Å². The molecule has 0 aromatic heterocycles. The molecule has 0 atom stereocenters. The Bertz CT molecular complexity index is 437. The van der Waals surface area contributed by atoms with Gasteiger partial charge in [-0.2, -0.15) is 0 Å². The van der Waals surface area contributed by atoms with Crippen LogP contribution in [0.25, 0.3) is 0 Å². The van der Waals surface area contributed by atoms with Crippen molar-refractivity contribution in [2.45, 2.75) is 52.4 Å². The first-order valence-corrected chi connectivity index (χ1v) is 22.1. The minimum absolute atomic E-state index is 1.09. The minimum Gasteiger partial charge on any atom is -0.414 e. The minimum atomic E-state index is -2.90. The third kappa shape index (κ3) is 7.51. The van der Waals surface area contributed by atoms with E-state index < -0.39 is 31.3 Å². The molecule has 1 rings (SSSR count). The van der Waals surface area contributed by atoms with Crippen LogP contribution in [0.1, 0.15) is 0 Å². The van der Waals surface area contributed by atoms with E-state index in [2.05, 4.69) is 86.3 Å². The predicted octanol–water partition coefficient (Wildman–Crippen LogP) is 4.69. The van der Waals surface area contributed by atoms with Crippen LogP contribution < -0.4 is 5.19 Å². The van der Waals surface area contributed by atoms with E-state index in [9.17, 15) is 0 Å². The van der Waals surface area contributed by atoms with Crippen LogP contribution in [0, 0.1) is 0 Å². The van der Waals surface area contributed by atoms with E-state index >= 15 is 0 Å². The molecule has 0 fully saturated rings. The molecule has 0 spiro atoms. The molecule has 1 aromatic rings. The lowest BCUT2D eigenvalue weighted by Crippen LogP contribution is -2.66. The Morgan fingerprint density at radius 2 is 1.09 bits per heavy atom. The highest BCUT2D eigenvalue weighted by Gasteiger charge is 2.52. The first-order chi connectivity index (χ1) is 9.73. The lowest BCUT2D eigenvalue weighted by Gasteiger charge is -2.42. The molecule has 0 N–H and O–H groups in total. The van der Waals surface area contributed by atoms with Gasteiger partial charge in [0, 0.05) is 5.19 Å². The molecule has 0 heterocycles. The van der Waals surface area contributed by atoms with Gasteiger partial charge in [0.1, 0.15) is 0 Å². The van der Waals surface area contributed by atoms with Crippen LogP contribution in [-0.2, 0) is 12.3 Å². The number of hydrogen-bond acceptors (Lipinski definition) is 3. The Balaban J connectivity index is 3.41. The zero-order chi connectivity index (χ0) is 17.2. The Kier molecular flexibility index (Phi) is 6.88. The topological polar surface area (TPSA) is 27.7 Å². The highest BCUT2D eigenvalue weighted by atomic mass is 127. The van der Waals surface area contributed by atoms with E-state index in [1.807, 2.05) is 18.2 Å². The summed E-state index contributed by atoms with van der Waals surface area (Å²) in [6, 6.07) is 10.3. The summed E-state index contributed by atoms with van der Waals surface area (Å²) in [5, 5.41) is 1.09. The maximum atomic E-state index is 6.66. The normalized spacial score (nSPS) is 14.2. The van der Waals surface area contributed by atoms with E-state index in [-0.39, 0.29) is 0 Å². The van der Waals surface area contributed by atoms with Crippen LogP contribution in [0.15, 0.2) is 30.3 Å². The van der Waals surface area contributed by atoms with Crippen molar-refractivity contribution in [3.8, 4) is 0 Å². The van der Waals surface area contributed by atoms with Gasteiger partial charge >= 0.3 is 8.80 Å². The third-order valence-electron chi connectivity index (χ3n) is 2.39. The monoisotopic (exact) mass is 484 g/mol. The van der Waals surface area contributed by atoms with Crippen molar-refractivity contribution >= 4 is 58.2 Å². The molecule has 0 saturated carbocycles. The van der Waals surface area contributed by atoms with Gasteiger partial charge in [0.05, 0.1) is 0 Å². The van der Waals surface area contributed by atoms with E-state index in [1.54, 1.807) is 0 Å². The van der Waals surface area contributed by atoms with E-state index in [0.717, 1.165) is 5.19 Å². The van der Waals surface area contributed by atoms with E-state index in [4.69, 9.17) is 12.3 Å². The standard InChI is InChI=1S/C14H29IO3Si4/c1-19(2,3)16-22(17-20(4,5)6,18-21(7,8)15)14-12-10-9-11-13-14/h9-13H,1-8H3. The predicted molar refractivity (Wildman–Crippen MR) is 113 cm³/mol. The molecular weight excluding hydrogens is 455 g/mol. The van der Waals surface area contributed by atoms with Crippen LogP contribution in [0.5, 0.6) is 0 Å². The first kappa shape index (κ1) is 20.7. The maximum absolute atomic E-state index is 6.66. The summed E-state index contributed by atoms with van der Waals surface area (Å²) in [5.41, 5.74) is 0. The fourth-order valence-electron chi connectivity index (χ4n) is 2.01. The van der Waals surface area contributed by atoms with Gasteiger partial charge in [0.2, 0.25) is 5.81 Å². The van der Waals surface area contributed by atoms with Gasteiger partial charge in [-0.3, -0.25) is 0 Å². The Labute approximate surface area is 152 Å². The van der Waals surface area contributed by atoms with Crippen LogP contribution in [0.3, 0.4) is 0 Å². The van der Waals surface area contributed by atoms with Gasteiger partial charge in [-0.1, -0.05) is 52.1 Å². The molecule has 0 aliphatic carbocycles. The zero-order valence-electron chi connectivity index (χ0n) is 15.0. The average molecular weight is 485 g/mol. The Morgan fingerprint density at radius 3 is 1.41 bits per heavy atom. The number of halogens is 1. The van der Waals surface area contributed by atoms with Gasteiger partial charge in [-0.25, -0.2) is 0 Å². The third-order valence-corrected chi connectivity index (χ3v) is 15.5. The van der Waals surface area contributed by atoms with Gasteiger partial charge in [0.25, 0.3) is 0 Å². The summed E-state index contributed by atoms with van der Waals surface area (Å²) in [4.78, 5) is 0. The summed E-state index contributed by atoms with van der Waals surface area (Å²) in [6.07, 6.45) is 0. The van der Waals surface area contributed by atoms with Gasteiger partial charge in [0.15, 0.2) is 16.6 Å². The van der Waals surface area contributed by atoms with Crippen molar-refractivity contribution in [1.29, 1.82) is 0 Å². The van der Waals surface area contributed by atoms with Crippen molar-refractivity contribution in [2.75, 3.05) is 0 Å². The summed E-state index contributed by atoms with van der Waals surface area (Å²) in [7, 11) is -6.54. The van der Waals surface area contributed by atoms with E-state index in [1.165, 1.54) is 0 Å². The molecule has 0 unspecified atom stereocenters. The molecular formula is C14H29IO3Si4. The van der Waals surface area contributed by atoms with Crippen LogP contribution >= 0.6 is 21.8 Å². The molecule has 0 bridgehead atoms. The van der Waals surface area contributed by atoms with E-state index in [0.29, 0.717) is 0 Å². The molecule has 3 nitrogen and oxygen atoms in total. The fraction of sp³-hybridized carbons (Fsp3) is 0.571. The highest BCUT2D eigenvalue weighted by Crippen LogP contribution is 2.28. The maximum Gasteiger partial charge on any atom is 0.506 e. The second-order valence-corrected chi connectivity index (χ2v) is 30.9. The Morgan fingerprint density at radius 1 is 0.682 bits per heavy atom. The lowest BCUT2D eigenvalue weighted by atomic mass is 10.4. The van der Waals surface area contributed by atoms with Gasteiger partial charge < -0.3 is 12.3 Å². The molecule has 1 aromatic carbocycles. The summed E-state index contributed by atoms with van der Waals surface area (Å²) >= 11 is 2.45. The quantitative estimate of drug-likeness (QED) is 0.319. The number of rotatable bonds is 7. The molecule has 0 amide bonds. The molecule has 22 heavy (non-hydrogen) atoms. The second-order valence-electron chi connectivity index (χ2n) is 7.82. The SMILES string of the molecule is C[Si](C)(C)O[Si](O[Si](C)(C)C)(O[Si](C)(C)I)c1ccccc1. The van der Waals surface area contributed by atoms with Gasteiger partial charge in [-0.05, 0) is 52.4 Å². The molecule has 0 radical (unpaired) electrons. The van der Waals surface area contributed by atoms with Crippen molar-refractivity contribution in [3.05, 3.63) is 30.3 Å². The van der Waals surface area contributed by atoms with Crippen molar-refractivity contribution in [1.82, 2.24) is 0 Å². The molecule has 0 aliphatic heterocycles. The first-order valence-electron chi connectivity index (χ1n) is 7.57. The molecule has 8 heteroatoms. The highest BCUT2D eigenvalue weighted by molar-refractivity contribution is 14.1. The summed E-state index contributed by atoms with van der Waals surface area (Å²) in [5.74, 6) is -1.85. The van der Waals surface area contributed by atoms with Crippen molar-refractivity contribution in [2.24, 2.45) is 0 Å². The summed E-state index contributed by atoms with van der Waals surface area (Å²) in [6.45, 7) is 17.6. The average Bonchev–Trinajstić information content (AvgIpc) is 2.22.